The Morgan fingerprint density at radius 2 is 2.05 bits per heavy atom. The molecule has 20 heavy (non-hydrogen) atoms. The van der Waals surface area contributed by atoms with E-state index < -0.39 is 0 Å². The maximum Gasteiger partial charge on any atom is 0.137 e. The summed E-state index contributed by atoms with van der Waals surface area (Å²) in [6.45, 7) is 2.13. The van der Waals surface area contributed by atoms with E-state index in [1.807, 2.05) is 12.1 Å². The van der Waals surface area contributed by atoms with E-state index in [0.717, 1.165) is 18.4 Å². The maximum absolute atomic E-state index is 13.3. The molecule has 2 aromatic carbocycles. The van der Waals surface area contributed by atoms with E-state index in [4.69, 9.17) is 0 Å². The van der Waals surface area contributed by atoms with E-state index in [-0.39, 0.29) is 11.9 Å². The third-order valence-electron chi connectivity index (χ3n) is 4.03. The summed E-state index contributed by atoms with van der Waals surface area (Å²) in [6.07, 6.45) is 2.26. The van der Waals surface area contributed by atoms with Crippen LogP contribution in [0.4, 0.5) is 4.39 Å². The average Bonchev–Trinajstić information content (AvgIpc) is 2.85. The van der Waals surface area contributed by atoms with Crippen molar-refractivity contribution in [1.82, 2.24) is 5.32 Å². The number of hydrogen-bond donors (Lipinski definition) is 1. The van der Waals surface area contributed by atoms with Crippen molar-refractivity contribution < 1.29 is 4.39 Å². The lowest BCUT2D eigenvalue weighted by atomic mass is 10.0. The first-order valence-electron chi connectivity index (χ1n) is 6.94. The van der Waals surface area contributed by atoms with E-state index >= 15 is 0 Å². The SMILES string of the molecule is CC(NC1CCc2ccccc21)c1ccc(F)c(Br)c1. The third kappa shape index (κ3) is 2.65. The van der Waals surface area contributed by atoms with Crippen molar-refractivity contribution in [3.8, 4) is 0 Å². The standard InChI is InChI=1S/C17H17BrFN/c1-11(13-6-8-16(19)15(18)10-13)20-17-9-7-12-4-2-3-5-14(12)17/h2-6,8,10-11,17,20H,7,9H2,1H3. The van der Waals surface area contributed by atoms with Crippen molar-refractivity contribution >= 4 is 15.9 Å². The summed E-state index contributed by atoms with van der Waals surface area (Å²) in [4.78, 5) is 0. The van der Waals surface area contributed by atoms with Crippen LogP contribution in [0.2, 0.25) is 0 Å². The lowest BCUT2D eigenvalue weighted by Crippen LogP contribution is -2.23. The first-order chi connectivity index (χ1) is 9.65. The Bertz CT molecular complexity index is 626. The Hall–Kier alpha value is -1.19. The zero-order chi connectivity index (χ0) is 14.1. The highest BCUT2D eigenvalue weighted by molar-refractivity contribution is 9.10. The van der Waals surface area contributed by atoms with Gasteiger partial charge < -0.3 is 5.32 Å². The molecular weight excluding hydrogens is 317 g/mol. The fourth-order valence-electron chi connectivity index (χ4n) is 2.91. The molecule has 0 saturated carbocycles. The first-order valence-corrected chi connectivity index (χ1v) is 7.73. The van der Waals surface area contributed by atoms with Crippen LogP contribution < -0.4 is 5.32 Å². The van der Waals surface area contributed by atoms with Gasteiger partial charge in [0.2, 0.25) is 0 Å². The zero-order valence-corrected chi connectivity index (χ0v) is 13.0. The molecule has 1 aliphatic rings. The normalized spacial score (nSPS) is 18.9. The van der Waals surface area contributed by atoms with Gasteiger partial charge >= 0.3 is 0 Å². The highest BCUT2D eigenvalue weighted by Gasteiger charge is 2.23. The number of rotatable bonds is 3. The topological polar surface area (TPSA) is 12.0 Å². The minimum atomic E-state index is -0.216. The molecule has 3 rings (SSSR count). The number of aryl methyl sites for hydroxylation is 1. The van der Waals surface area contributed by atoms with Gasteiger partial charge in [0.15, 0.2) is 0 Å². The zero-order valence-electron chi connectivity index (χ0n) is 11.4. The number of nitrogens with one attached hydrogen (secondary N) is 1. The highest BCUT2D eigenvalue weighted by atomic mass is 79.9. The maximum atomic E-state index is 13.3. The van der Waals surface area contributed by atoms with E-state index in [1.165, 1.54) is 17.2 Å². The second-order valence-corrected chi connectivity index (χ2v) is 6.21. The van der Waals surface area contributed by atoms with Crippen molar-refractivity contribution in [1.29, 1.82) is 0 Å². The Kier molecular flexibility index (Phi) is 3.90. The fraction of sp³-hybridized carbons (Fsp3) is 0.294. The quantitative estimate of drug-likeness (QED) is 0.839. The molecule has 0 saturated heterocycles. The van der Waals surface area contributed by atoms with Gasteiger partial charge in [0.1, 0.15) is 5.82 Å². The predicted octanol–water partition coefficient (Wildman–Crippen LogP) is 4.93. The molecular formula is C17H17BrFN. The van der Waals surface area contributed by atoms with Crippen LogP contribution >= 0.6 is 15.9 Å². The van der Waals surface area contributed by atoms with Gasteiger partial charge in [-0.15, -0.1) is 0 Å². The third-order valence-corrected chi connectivity index (χ3v) is 4.64. The van der Waals surface area contributed by atoms with Gasteiger partial charge in [-0.2, -0.15) is 0 Å². The van der Waals surface area contributed by atoms with Crippen molar-refractivity contribution in [3.05, 3.63) is 69.4 Å². The molecule has 3 heteroatoms. The Labute approximate surface area is 127 Å². The molecule has 0 bridgehead atoms. The average molecular weight is 334 g/mol. The largest absolute Gasteiger partial charge is 0.303 e. The molecule has 2 unspecified atom stereocenters. The van der Waals surface area contributed by atoms with Crippen LogP contribution in [-0.4, -0.2) is 0 Å². The molecule has 2 aromatic rings. The summed E-state index contributed by atoms with van der Waals surface area (Å²) < 4.78 is 13.8. The summed E-state index contributed by atoms with van der Waals surface area (Å²) in [5.41, 5.74) is 3.95. The van der Waals surface area contributed by atoms with Gasteiger partial charge in [0.25, 0.3) is 0 Å². The van der Waals surface area contributed by atoms with Crippen LogP contribution in [0.1, 0.15) is 42.1 Å². The number of fused-ring (bicyclic) bond motifs is 1. The monoisotopic (exact) mass is 333 g/mol. The van der Waals surface area contributed by atoms with E-state index in [1.54, 1.807) is 0 Å². The molecule has 0 aromatic heterocycles. The van der Waals surface area contributed by atoms with Gasteiger partial charge in [-0.3, -0.25) is 0 Å². The second kappa shape index (κ2) is 5.66. The molecule has 0 radical (unpaired) electrons. The molecule has 104 valence electrons. The minimum Gasteiger partial charge on any atom is -0.303 e. The van der Waals surface area contributed by atoms with Gasteiger partial charge in [0, 0.05) is 12.1 Å². The molecule has 0 amide bonds. The molecule has 0 heterocycles. The van der Waals surface area contributed by atoms with Crippen LogP contribution in [-0.2, 0) is 6.42 Å². The highest BCUT2D eigenvalue weighted by Crippen LogP contribution is 2.33. The van der Waals surface area contributed by atoms with E-state index in [9.17, 15) is 4.39 Å². The Morgan fingerprint density at radius 1 is 1.25 bits per heavy atom. The summed E-state index contributed by atoms with van der Waals surface area (Å²) >= 11 is 3.25. The van der Waals surface area contributed by atoms with Gasteiger partial charge in [0.05, 0.1) is 4.47 Å². The molecule has 0 aliphatic heterocycles. The van der Waals surface area contributed by atoms with Crippen LogP contribution in [0.15, 0.2) is 46.9 Å². The molecule has 2 atom stereocenters. The van der Waals surface area contributed by atoms with Gasteiger partial charge in [-0.25, -0.2) is 4.39 Å². The Morgan fingerprint density at radius 3 is 2.85 bits per heavy atom. The lowest BCUT2D eigenvalue weighted by Gasteiger charge is -2.21. The number of benzene rings is 2. The fourth-order valence-corrected chi connectivity index (χ4v) is 3.31. The van der Waals surface area contributed by atoms with Crippen molar-refractivity contribution in [2.45, 2.75) is 31.8 Å². The van der Waals surface area contributed by atoms with Crippen molar-refractivity contribution in [2.75, 3.05) is 0 Å². The molecule has 0 fully saturated rings. The summed E-state index contributed by atoms with van der Waals surface area (Å²) in [7, 11) is 0. The molecule has 1 N–H and O–H groups in total. The van der Waals surface area contributed by atoms with Crippen molar-refractivity contribution in [3.63, 3.8) is 0 Å². The van der Waals surface area contributed by atoms with E-state index in [0.29, 0.717) is 10.5 Å². The van der Waals surface area contributed by atoms with Crippen molar-refractivity contribution in [2.24, 2.45) is 0 Å². The molecule has 1 aliphatic carbocycles. The summed E-state index contributed by atoms with van der Waals surface area (Å²) in [5, 5.41) is 3.65. The second-order valence-electron chi connectivity index (χ2n) is 5.35. The van der Waals surface area contributed by atoms with Gasteiger partial charge in [-0.1, -0.05) is 30.3 Å². The van der Waals surface area contributed by atoms with Crippen LogP contribution in [0.5, 0.6) is 0 Å². The molecule has 0 spiro atoms. The number of hydrogen-bond acceptors (Lipinski definition) is 1. The lowest BCUT2D eigenvalue weighted by molar-refractivity contribution is 0.464. The van der Waals surface area contributed by atoms with E-state index in [2.05, 4.69) is 52.4 Å². The summed E-state index contributed by atoms with van der Waals surface area (Å²) in [5.74, 6) is -0.216. The minimum absolute atomic E-state index is 0.197. The number of halogens is 2. The smallest absolute Gasteiger partial charge is 0.137 e. The predicted molar refractivity (Wildman–Crippen MR) is 83.2 cm³/mol. The molecule has 1 nitrogen and oxygen atoms in total. The van der Waals surface area contributed by atoms with Gasteiger partial charge in [-0.05, 0) is 64.5 Å². The summed E-state index contributed by atoms with van der Waals surface area (Å²) in [6, 6.07) is 14.4. The first kappa shape index (κ1) is 13.8. The van der Waals surface area contributed by atoms with Crippen LogP contribution in [0, 0.1) is 5.82 Å². The Balaban J connectivity index is 1.77. The van der Waals surface area contributed by atoms with Crippen LogP contribution in [0.3, 0.4) is 0 Å². The van der Waals surface area contributed by atoms with Crippen LogP contribution in [0.25, 0.3) is 0 Å².